The van der Waals surface area contributed by atoms with E-state index < -0.39 is 0 Å². The van der Waals surface area contributed by atoms with Crippen molar-refractivity contribution >= 4 is 0 Å². The highest BCUT2D eigenvalue weighted by Gasteiger charge is 2.37. The molecule has 1 unspecified atom stereocenters. The summed E-state index contributed by atoms with van der Waals surface area (Å²) in [7, 11) is 0. The molecule has 0 radical (unpaired) electrons. The first-order chi connectivity index (χ1) is 9.08. The van der Waals surface area contributed by atoms with E-state index in [4.69, 9.17) is 0 Å². The molecule has 0 aromatic rings. The average Bonchev–Trinajstić information content (AvgIpc) is 2.31. The lowest BCUT2D eigenvalue weighted by Gasteiger charge is -2.44. The Balaban J connectivity index is 4.39. The van der Waals surface area contributed by atoms with Crippen molar-refractivity contribution in [3.8, 4) is 0 Å². The summed E-state index contributed by atoms with van der Waals surface area (Å²) in [6, 6.07) is 0. The second kappa shape index (κ2) is 8.41. The third-order valence-electron chi connectivity index (χ3n) is 5.42. The van der Waals surface area contributed by atoms with Gasteiger partial charge >= 0.3 is 0 Å². The summed E-state index contributed by atoms with van der Waals surface area (Å²) in [5.74, 6) is 0. The Hall–Kier alpha value is -0.0400. The summed E-state index contributed by atoms with van der Waals surface area (Å²) >= 11 is 0. The Kier molecular flexibility index (Phi) is 8.40. The summed E-state index contributed by atoms with van der Waals surface area (Å²) in [5, 5.41) is 3.44. The topological polar surface area (TPSA) is 12.0 Å². The second-order valence-corrected chi connectivity index (χ2v) is 8.68. The lowest BCUT2D eigenvalue weighted by Crippen LogP contribution is -2.34. The van der Waals surface area contributed by atoms with Crippen LogP contribution < -0.4 is 5.32 Å². The van der Waals surface area contributed by atoms with Gasteiger partial charge in [0.25, 0.3) is 0 Å². The van der Waals surface area contributed by atoms with Gasteiger partial charge in [-0.2, -0.15) is 0 Å². The van der Waals surface area contributed by atoms with Crippen molar-refractivity contribution < 1.29 is 0 Å². The van der Waals surface area contributed by atoms with Crippen LogP contribution in [0, 0.1) is 16.2 Å². The van der Waals surface area contributed by atoms with E-state index in [0.717, 1.165) is 6.54 Å². The number of hydrogen-bond acceptors (Lipinski definition) is 1. The number of rotatable bonds is 10. The van der Waals surface area contributed by atoms with Crippen LogP contribution in [0.3, 0.4) is 0 Å². The van der Waals surface area contributed by atoms with Crippen LogP contribution in [-0.4, -0.2) is 13.1 Å². The van der Waals surface area contributed by atoms with Gasteiger partial charge in [-0.3, -0.25) is 0 Å². The molecule has 0 aliphatic rings. The van der Waals surface area contributed by atoms with Crippen LogP contribution in [0.4, 0.5) is 0 Å². The van der Waals surface area contributed by atoms with E-state index in [0.29, 0.717) is 16.2 Å². The SMILES string of the molecule is CCCC(C)(CCC(C)(C)CCCNCC)C(C)(C)C. The lowest BCUT2D eigenvalue weighted by molar-refractivity contribution is 0.0650. The summed E-state index contributed by atoms with van der Waals surface area (Å²) in [4.78, 5) is 0. The first-order valence-corrected chi connectivity index (χ1v) is 8.79. The molecule has 1 atom stereocenters. The molecular weight excluding hydrogens is 242 g/mol. The van der Waals surface area contributed by atoms with E-state index in [1.807, 2.05) is 0 Å². The summed E-state index contributed by atoms with van der Waals surface area (Å²) < 4.78 is 0. The molecule has 0 rings (SSSR count). The predicted molar refractivity (Wildman–Crippen MR) is 93.3 cm³/mol. The van der Waals surface area contributed by atoms with Gasteiger partial charge in [0.05, 0.1) is 0 Å². The van der Waals surface area contributed by atoms with E-state index in [1.165, 1.54) is 45.1 Å². The number of nitrogens with one attached hydrogen (secondary N) is 1. The molecule has 0 aliphatic carbocycles. The highest BCUT2D eigenvalue weighted by molar-refractivity contribution is 4.87. The van der Waals surface area contributed by atoms with Crippen LogP contribution in [0.2, 0.25) is 0 Å². The van der Waals surface area contributed by atoms with E-state index >= 15 is 0 Å². The minimum atomic E-state index is 0.406. The quantitative estimate of drug-likeness (QED) is 0.482. The zero-order valence-corrected chi connectivity index (χ0v) is 15.7. The Labute approximate surface area is 129 Å². The first kappa shape index (κ1) is 20.0. The molecule has 122 valence electrons. The monoisotopic (exact) mass is 283 g/mol. The van der Waals surface area contributed by atoms with Crippen LogP contribution in [0.5, 0.6) is 0 Å². The Morgan fingerprint density at radius 1 is 0.750 bits per heavy atom. The van der Waals surface area contributed by atoms with Gasteiger partial charge in [-0.05, 0) is 61.4 Å². The highest BCUT2D eigenvalue weighted by Crippen LogP contribution is 2.48. The van der Waals surface area contributed by atoms with Crippen LogP contribution in [0.25, 0.3) is 0 Å². The molecule has 1 heteroatoms. The van der Waals surface area contributed by atoms with Crippen LogP contribution in [0.1, 0.15) is 93.9 Å². The second-order valence-electron chi connectivity index (χ2n) is 8.68. The van der Waals surface area contributed by atoms with Crippen LogP contribution in [-0.2, 0) is 0 Å². The Morgan fingerprint density at radius 2 is 1.35 bits per heavy atom. The van der Waals surface area contributed by atoms with Gasteiger partial charge in [-0.25, -0.2) is 0 Å². The van der Waals surface area contributed by atoms with Crippen molar-refractivity contribution in [1.82, 2.24) is 5.32 Å². The van der Waals surface area contributed by atoms with E-state index in [9.17, 15) is 0 Å². The van der Waals surface area contributed by atoms with Gasteiger partial charge in [0.2, 0.25) is 0 Å². The molecule has 0 aromatic carbocycles. The Bertz CT molecular complexity index is 249. The van der Waals surface area contributed by atoms with E-state index in [-0.39, 0.29) is 0 Å². The van der Waals surface area contributed by atoms with Crippen molar-refractivity contribution in [2.24, 2.45) is 16.2 Å². The van der Waals surface area contributed by atoms with Crippen molar-refractivity contribution in [3.05, 3.63) is 0 Å². The van der Waals surface area contributed by atoms with Gasteiger partial charge in [-0.15, -0.1) is 0 Å². The van der Waals surface area contributed by atoms with Gasteiger partial charge in [0.15, 0.2) is 0 Å². The predicted octanol–water partition coefficient (Wildman–Crippen LogP) is 6.04. The summed E-state index contributed by atoms with van der Waals surface area (Å²) in [5.41, 5.74) is 1.36. The van der Waals surface area contributed by atoms with Crippen molar-refractivity contribution in [2.45, 2.75) is 93.9 Å². The zero-order chi connectivity index (χ0) is 15.9. The molecule has 20 heavy (non-hydrogen) atoms. The van der Waals surface area contributed by atoms with Crippen molar-refractivity contribution in [1.29, 1.82) is 0 Å². The fourth-order valence-electron chi connectivity index (χ4n) is 3.03. The molecule has 0 saturated heterocycles. The Morgan fingerprint density at radius 3 is 1.80 bits per heavy atom. The third-order valence-corrected chi connectivity index (χ3v) is 5.42. The fourth-order valence-corrected chi connectivity index (χ4v) is 3.03. The molecule has 0 spiro atoms. The van der Waals surface area contributed by atoms with E-state index in [1.54, 1.807) is 0 Å². The fraction of sp³-hybridized carbons (Fsp3) is 1.00. The van der Waals surface area contributed by atoms with Gasteiger partial charge < -0.3 is 5.32 Å². The lowest BCUT2D eigenvalue weighted by atomic mass is 9.61. The summed E-state index contributed by atoms with van der Waals surface area (Å²) in [6.07, 6.45) is 8.01. The van der Waals surface area contributed by atoms with Gasteiger partial charge in [-0.1, -0.05) is 61.8 Å². The molecule has 0 heterocycles. The van der Waals surface area contributed by atoms with Gasteiger partial charge in [0.1, 0.15) is 0 Å². The molecule has 1 nitrogen and oxygen atoms in total. The smallest absolute Gasteiger partial charge is 0.00488 e. The summed E-state index contributed by atoms with van der Waals surface area (Å²) in [6.45, 7) is 21.4. The minimum absolute atomic E-state index is 0.406. The largest absolute Gasteiger partial charge is 0.317 e. The number of hydrogen-bond donors (Lipinski definition) is 1. The van der Waals surface area contributed by atoms with Crippen LogP contribution in [0.15, 0.2) is 0 Å². The maximum atomic E-state index is 3.44. The van der Waals surface area contributed by atoms with Crippen molar-refractivity contribution in [2.75, 3.05) is 13.1 Å². The van der Waals surface area contributed by atoms with Gasteiger partial charge in [0, 0.05) is 0 Å². The third kappa shape index (κ3) is 7.11. The molecule has 0 saturated carbocycles. The molecule has 1 N–H and O–H groups in total. The highest BCUT2D eigenvalue weighted by atomic mass is 14.8. The molecule has 0 amide bonds. The molecule has 0 aliphatic heterocycles. The maximum Gasteiger partial charge on any atom is -0.00488 e. The minimum Gasteiger partial charge on any atom is -0.317 e. The maximum absolute atomic E-state index is 3.44. The zero-order valence-electron chi connectivity index (χ0n) is 15.7. The van der Waals surface area contributed by atoms with Crippen molar-refractivity contribution in [3.63, 3.8) is 0 Å². The first-order valence-electron chi connectivity index (χ1n) is 8.79. The molecule has 0 bridgehead atoms. The van der Waals surface area contributed by atoms with Crippen LogP contribution >= 0.6 is 0 Å². The van der Waals surface area contributed by atoms with E-state index in [2.05, 4.69) is 60.7 Å². The molecule has 0 fully saturated rings. The molecule has 0 aromatic heterocycles. The molecular formula is C19H41N. The standard InChI is InChI=1S/C19H41N/c1-9-12-19(8,17(3,4)5)15-14-18(6,7)13-11-16-20-10-2/h20H,9-16H2,1-8H3. The normalized spacial score (nSPS) is 16.2. The average molecular weight is 284 g/mol.